The van der Waals surface area contributed by atoms with Gasteiger partial charge in [-0.25, -0.2) is 9.59 Å². The highest BCUT2D eigenvalue weighted by Gasteiger charge is 2.21. The van der Waals surface area contributed by atoms with Crippen LogP contribution >= 0.6 is 0 Å². The molecular formula is C24H25NO6. The van der Waals surface area contributed by atoms with Gasteiger partial charge in [0.2, 0.25) is 5.91 Å². The van der Waals surface area contributed by atoms with Crippen LogP contribution in [0.2, 0.25) is 0 Å². The van der Waals surface area contributed by atoms with Crippen molar-refractivity contribution in [3.63, 3.8) is 0 Å². The van der Waals surface area contributed by atoms with Gasteiger partial charge in [0.15, 0.2) is 0 Å². The predicted molar refractivity (Wildman–Crippen MR) is 117 cm³/mol. The highest BCUT2D eigenvalue weighted by Crippen LogP contribution is 2.29. The van der Waals surface area contributed by atoms with Gasteiger partial charge in [0, 0.05) is 29.4 Å². The Bertz CT molecular complexity index is 1170. The van der Waals surface area contributed by atoms with Gasteiger partial charge >= 0.3 is 11.6 Å². The Morgan fingerprint density at radius 3 is 2.45 bits per heavy atom. The fourth-order valence-electron chi connectivity index (χ4n) is 3.64. The number of aryl methyl sites for hydroxylation is 2. The first kappa shape index (κ1) is 22.1. The van der Waals surface area contributed by atoms with Crippen molar-refractivity contribution in [2.75, 3.05) is 7.11 Å². The molecule has 0 saturated carbocycles. The predicted octanol–water partition coefficient (Wildman–Crippen LogP) is 3.16. The third-order valence-corrected chi connectivity index (χ3v) is 5.39. The lowest BCUT2D eigenvalue weighted by molar-refractivity contribution is -0.141. The second kappa shape index (κ2) is 9.47. The largest absolute Gasteiger partial charge is 0.496 e. The number of fused-ring (bicyclic) bond motifs is 1. The van der Waals surface area contributed by atoms with E-state index < -0.39 is 23.5 Å². The number of carboxylic acid groups (broad SMARTS) is 1. The number of benzene rings is 2. The minimum Gasteiger partial charge on any atom is -0.496 e. The van der Waals surface area contributed by atoms with Crippen LogP contribution in [0, 0.1) is 13.8 Å². The molecule has 0 bridgehead atoms. The Morgan fingerprint density at radius 1 is 1.10 bits per heavy atom. The number of methoxy groups -OCH3 is 1. The number of carbonyl (C=O) groups is 2. The number of ether oxygens (including phenoxy) is 1. The lowest BCUT2D eigenvalue weighted by Gasteiger charge is -2.15. The van der Waals surface area contributed by atoms with Crippen LogP contribution in [0.15, 0.2) is 51.7 Å². The van der Waals surface area contributed by atoms with E-state index in [1.54, 1.807) is 7.11 Å². The van der Waals surface area contributed by atoms with E-state index in [2.05, 4.69) is 5.32 Å². The zero-order valence-corrected chi connectivity index (χ0v) is 17.7. The Morgan fingerprint density at radius 2 is 1.81 bits per heavy atom. The molecule has 0 aliphatic heterocycles. The maximum absolute atomic E-state index is 12.6. The van der Waals surface area contributed by atoms with Gasteiger partial charge in [-0.15, -0.1) is 0 Å². The van der Waals surface area contributed by atoms with Crippen LogP contribution in [-0.2, 0) is 22.4 Å². The molecule has 1 atom stereocenters. The lowest BCUT2D eigenvalue weighted by atomic mass is 10.00. The Labute approximate surface area is 179 Å². The van der Waals surface area contributed by atoms with Crippen molar-refractivity contribution in [2.45, 2.75) is 39.2 Å². The molecule has 0 unspecified atom stereocenters. The minimum atomic E-state index is -1.11. The molecule has 0 spiro atoms. The zero-order valence-electron chi connectivity index (χ0n) is 17.7. The van der Waals surface area contributed by atoms with E-state index in [9.17, 15) is 19.5 Å². The highest BCUT2D eigenvalue weighted by molar-refractivity contribution is 5.86. The number of carboxylic acids is 1. The normalized spacial score (nSPS) is 11.8. The summed E-state index contributed by atoms with van der Waals surface area (Å²) < 4.78 is 10.8. The third-order valence-electron chi connectivity index (χ3n) is 5.39. The molecule has 7 nitrogen and oxygen atoms in total. The standard InChI is InChI=1S/C24H25NO6/c1-14-17-9-11-20(30-3)15(2)22(17)31-24(29)18(14)10-12-21(26)25-19(23(27)28)13-16-7-5-4-6-8-16/h4-9,11,19H,10,12-13H2,1-3H3,(H,25,26)(H,27,28)/t19-/m0/s1. The van der Waals surface area contributed by atoms with Gasteiger partial charge in [0.1, 0.15) is 17.4 Å². The molecule has 0 aliphatic carbocycles. The van der Waals surface area contributed by atoms with Gasteiger partial charge in [0.25, 0.3) is 0 Å². The number of amides is 1. The van der Waals surface area contributed by atoms with Gasteiger partial charge in [-0.2, -0.15) is 0 Å². The monoisotopic (exact) mass is 423 g/mol. The summed E-state index contributed by atoms with van der Waals surface area (Å²) in [7, 11) is 1.55. The summed E-state index contributed by atoms with van der Waals surface area (Å²) in [5, 5.41) is 12.8. The first-order chi connectivity index (χ1) is 14.8. The van der Waals surface area contributed by atoms with Crippen molar-refractivity contribution < 1.29 is 23.8 Å². The first-order valence-electron chi connectivity index (χ1n) is 9.97. The van der Waals surface area contributed by atoms with Crippen LogP contribution in [0.5, 0.6) is 5.75 Å². The van der Waals surface area contributed by atoms with Crippen molar-refractivity contribution >= 4 is 22.8 Å². The lowest BCUT2D eigenvalue weighted by Crippen LogP contribution is -2.42. The van der Waals surface area contributed by atoms with E-state index in [1.807, 2.05) is 56.3 Å². The Hall–Kier alpha value is -3.61. The first-order valence-corrected chi connectivity index (χ1v) is 9.97. The second-order valence-corrected chi connectivity index (χ2v) is 7.41. The number of rotatable bonds is 8. The van der Waals surface area contributed by atoms with Gasteiger partial charge in [-0.1, -0.05) is 30.3 Å². The van der Waals surface area contributed by atoms with Crippen LogP contribution < -0.4 is 15.7 Å². The molecule has 0 saturated heterocycles. The smallest absolute Gasteiger partial charge is 0.339 e. The molecule has 0 fully saturated rings. The molecule has 1 amide bonds. The maximum atomic E-state index is 12.6. The van der Waals surface area contributed by atoms with Crippen LogP contribution in [0.3, 0.4) is 0 Å². The number of carbonyl (C=O) groups excluding carboxylic acids is 1. The maximum Gasteiger partial charge on any atom is 0.339 e. The van der Waals surface area contributed by atoms with Crippen molar-refractivity contribution in [3.05, 3.63) is 75.1 Å². The third kappa shape index (κ3) is 4.94. The molecule has 1 aromatic heterocycles. The second-order valence-electron chi connectivity index (χ2n) is 7.41. The average Bonchev–Trinajstić information content (AvgIpc) is 2.74. The van der Waals surface area contributed by atoms with Gasteiger partial charge < -0.3 is 19.6 Å². The average molecular weight is 423 g/mol. The molecule has 162 valence electrons. The number of nitrogens with one attached hydrogen (secondary N) is 1. The summed E-state index contributed by atoms with van der Waals surface area (Å²) >= 11 is 0. The Balaban J connectivity index is 1.74. The van der Waals surface area contributed by atoms with Crippen molar-refractivity contribution in [1.82, 2.24) is 5.32 Å². The summed E-state index contributed by atoms with van der Waals surface area (Å²) in [6.45, 7) is 3.63. The van der Waals surface area contributed by atoms with E-state index in [0.29, 0.717) is 16.9 Å². The molecule has 2 N–H and O–H groups in total. The van der Waals surface area contributed by atoms with Gasteiger partial charge in [-0.3, -0.25) is 4.79 Å². The van der Waals surface area contributed by atoms with Crippen LogP contribution in [0.4, 0.5) is 0 Å². The van der Waals surface area contributed by atoms with E-state index in [4.69, 9.17) is 9.15 Å². The van der Waals surface area contributed by atoms with E-state index >= 15 is 0 Å². The summed E-state index contributed by atoms with van der Waals surface area (Å²) in [4.78, 5) is 36.5. The minimum absolute atomic E-state index is 0.0230. The summed E-state index contributed by atoms with van der Waals surface area (Å²) in [6.07, 6.45) is 0.309. The van der Waals surface area contributed by atoms with Crippen molar-refractivity contribution in [2.24, 2.45) is 0 Å². The molecule has 0 aliphatic rings. The molecule has 1 heterocycles. The van der Waals surface area contributed by atoms with Crippen LogP contribution in [-0.4, -0.2) is 30.1 Å². The Kier molecular flexibility index (Phi) is 6.74. The van der Waals surface area contributed by atoms with Crippen LogP contribution in [0.1, 0.15) is 28.7 Å². The van der Waals surface area contributed by atoms with Gasteiger partial charge in [0.05, 0.1) is 7.11 Å². The molecule has 3 rings (SSSR count). The quantitative estimate of drug-likeness (QED) is 0.539. The summed E-state index contributed by atoms with van der Waals surface area (Å²) in [6, 6.07) is 11.7. The van der Waals surface area contributed by atoms with Crippen molar-refractivity contribution in [1.29, 1.82) is 0 Å². The van der Waals surface area contributed by atoms with Crippen LogP contribution in [0.25, 0.3) is 11.0 Å². The van der Waals surface area contributed by atoms with Crippen molar-refractivity contribution in [3.8, 4) is 5.75 Å². The molecular weight excluding hydrogens is 398 g/mol. The zero-order chi connectivity index (χ0) is 22.5. The molecule has 31 heavy (non-hydrogen) atoms. The topological polar surface area (TPSA) is 106 Å². The fourth-order valence-corrected chi connectivity index (χ4v) is 3.64. The molecule has 3 aromatic rings. The summed E-state index contributed by atoms with van der Waals surface area (Å²) in [5.74, 6) is -0.920. The molecule has 7 heteroatoms. The fraction of sp³-hybridized carbons (Fsp3) is 0.292. The van der Waals surface area contributed by atoms with E-state index in [1.165, 1.54) is 0 Å². The van der Waals surface area contributed by atoms with E-state index in [0.717, 1.165) is 22.1 Å². The molecule has 0 radical (unpaired) electrons. The number of hydrogen-bond donors (Lipinski definition) is 2. The SMILES string of the molecule is COc1ccc2c(C)c(CCC(=O)N[C@@H](Cc3ccccc3)C(=O)O)c(=O)oc2c1C. The number of aliphatic carboxylic acids is 1. The van der Waals surface area contributed by atoms with E-state index in [-0.39, 0.29) is 19.3 Å². The number of hydrogen-bond acceptors (Lipinski definition) is 5. The van der Waals surface area contributed by atoms with Gasteiger partial charge in [-0.05, 0) is 43.5 Å². The molecule has 2 aromatic carbocycles. The highest BCUT2D eigenvalue weighted by atomic mass is 16.5. The summed E-state index contributed by atoms with van der Waals surface area (Å²) in [5.41, 5.74) is 2.64.